The molecule has 0 spiro atoms. The van der Waals surface area contributed by atoms with Gasteiger partial charge in [-0.15, -0.1) is 0 Å². The second-order valence-corrected chi connectivity index (χ2v) is 7.70. The number of hydrogen-bond donors (Lipinski definition) is 2. The van der Waals surface area contributed by atoms with Crippen molar-refractivity contribution in [2.45, 2.75) is 43.6 Å². The molecule has 2 heterocycles. The number of nitrogens with zero attached hydrogens (tertiary/aromatic N) is 2. The van der Waals surface area contributed by atoms with Gasteiger partial charge in [0.2, 0.25) is 0 Å². The highest BCUT2D eigenvalue weighted by Gasteiger charge is 2.60. The highest BCUT2D eigenvalue weighted by molar-refractivity contribution is 6.03. The van der Waals surface area contributed by atoms with Gasteiger partial charge in [-0.05, 0) is 32.0 Å². The van der Waals surface area contributed by atoms with Gasteiger partial charge < -0.3 is 11.1 Å². The first-order valence-corrected chi connectivity index (χ1v) is 9.15. The molecule has 0 unspecified atom stereocenters. The molecule has 0 saturated heterocycles. The lowest BCUT2D eigenvalue weighted by molar-refractivity contribution is -0.137. The van der Waals surface area contributed by atoms with Crippen LogP contribution in [0, 0.1) is 5.82 Å². The average Bonchev–Trinajstić information content (AvgIpc) is 2.67. The summed E-state index contributed by atoms with van der Waals surface area (Å²) < 4.78 is 96.9. The molecule has 1 aliphatic heterocycles. The van der Waals surface area contributed by atoms with Crippen LogP contribution in [-0.4, -0.2) is 28.3 Å². The van der Waals surface area contributed by atoms with Crippen molar-refractivity contribution in [1.29, 1.82) is 0 Å². The van der Waals surface area contributed by atoms with E-state index < -0.39 is 69.8 Å². The van der Waals surface area contributed by atoms with E-state index in [0.29, 0.717) is 12.3 Å². The lowest BCUT2D eigenvalue weighted by Crippen LogP contribution is -2.56. The minimum atomic E-state index is -4.67. The van der Waals surface area contributed by atoms with E-state index in [2.05, 4.69) is 15.3 Å². The number of carbonyl (C=O) groups excluding carboxylic acids is 1. The van der Waals surface area contributed by atoms with Gasteiger partial charge in [0.05, 0.1) is 17.7 Å². The molecule has 2 atom stereocenters. The molecule has 3 N–H and O–H groups in total. The van der Waals surface area contributed by atoms with Crippen LogP contribution >= 0.6 is 0 Å². The van der Waals surface area contributed by atoms with Crippen molar-refractivity contribution < 1.29 is 35.5 Å². The molecule has 0 bridgehead atoms. The fraction of sp³-hybridized carbons (Fsp3) is 0.350. The number of aliphatic imine (C=N–C) groups is 1. The number of pyridine rings is 1. The fourth-order valence-electron chi connectivity index (χ4n) is 3.26. The van der Waals surface area contributed by atoms with Crippen LogP contribution in [0.3, 0.4) is 0 Å². The highest BCUT2D eigenvalue weighted by atomic mass is 19.4. The monoisotopic (exact) mass is 462 g/mol. The van der Waals surface area contributed by atoms with Gasteiger partial charge in [0.1, 0.15) is 11.5 Å². The molecule has 12 heteroatoms. The highest BCUT2D eigenvalue weighted by Crippen LogP contribution is 2.50. The van der Waals surface area contributed by atoms with Gasteiger partial charge in [-0.1, -0.05) is 12.1 Å². The van der Waals surface area contributed by atoms with E-state index in [1.54, 1.807) is 0 Å². The largest absolute Gasteiger partial charge is 0.417 e. The van der Waals surface area contributed by atoms with Crippen molar-refractivity contribution in [3.8, 4) is 0 Å². The van der Waals surface area contributed by atoms with Crippen molar-refractivity contribution in [3.05, 3.63) is 59.2 Å². The van der Waals surface area contributed by atoms with E-state index in [1.165, 1.54) is 0 Å². The van der Waals surface area contributed by atoms with Gasteiger partial charge in [0.15, 0.2) is 17.0 Å². The van der Waals surface area contributed by atoms with E-state index in [1.807, 2.05) is 0 Å². The van der Waals surface area contributed by atoms with Gasteiger partial charge >= 0.3 is 6.18 Å². The normalized spacial score (nSPS) is 25.2. The zero-order valence-electron chi connectivity index (χ0n) is 16.7. The Kier molecular flexibility index (Phi) is 5.47. The SMILES string of the molecule is C[C@@]1(F)CC(F)(F)[C@@](C)(c2cccc(NC(=O)c3ccc(C(F)(F)F)cn3)c2F)N=C1N. The average molecular weight is 462 g/mol. The number of anilines is 1. The molecular weight excluding hydrogens is 445 g/mol. The topological polar surface area (TPSA) is 80.4 Å². The van der Waals surface area contributed by atoms with Crippen LogP contribution < -0.4 is 11.1 Å². The maximum Gasteiger partial charge on any atom is 0.417 e. The Bertz CT molecular complexity index is 1080. The number of aromatic nitrogens is 1. The molecule has 0 aliphatic carbocycles. The molecule has 3 rings (SSSR count). The lowest BCUT2D eigenvalue weighted by Gasteiger charge is -2.42. The first-order chi connectivity index (χ1) is 14.6. The molecule has 0 fully saturated rings. The summed E-state index contributed by atoms with van der Waals surface area (Å²) in [5, 5.41) is 2.08. The second-order valence-electron chi connectivity index (χ2n) is 7.70. The Morgan fingerprint density at radius 3 is 2.34 bits per heavy atom. The number of benzene rings is 1. The molecule has 172 valence electrons. The summed E-state index contributed by atoms with van der Waals surface area (Å²) in [5.74, 6) is -6.92. The van der Waals surface area contributed by atoms with Crippen LogP contribution in [0.1, 0.15) is 41.9 Å². The van der Waals surface area contributed by atoms with Gasteiger partial charge in [0.25, 0.3) is 11.8 Å². The summed E-state index contributed by atoms with van der Waals surface area (Å²) in [4.78, 5) is 19.2. The van der Waals surface area contributed by atoms with Crippen LogP contribution in [0.25, 0.3) is 0 Å². The van der Waals surface area contributed by atoms with E-state index in [4.69, 9.17) is 5.73 Å². The zero-order valence-corrected chi connectivity index (χ0v) is 16.7. The molecule has 5 nitrogen and oxygen atoms in total. The molecule has 1 aromatic carbocycles. The number of amidine groups is 1. The van der Waals surface area contributed by atoms with Crippen molar-refractivity contribution in [3.63, 3.8) is 0 Å². The third-order valence-electron chi connectivity index (χ3n) is 5.24. The molecule has 1 aliphatic rings. The summed E-state index contributed by atoms with van der Waals surface area (Å²) in [6.07, 6.45) is -5.57. The fourth-order valence-corrected chi connectivity index (χ4v) is 3.26. The van der Waals surface area contributed by atoms with Crippen molar-refractivity contribution in [1.82, 2.24) is 4.98 Å². The number of halogens is 7. The van der Waals surface area contributed by atoms with Crippen molar-refractivity contribution in [2.24, 2.45) is 10.7 Å². The predicted molar refractivity (Wildman–Crippen MR) is 102 cm³/mol. The van der Waals surface area contributed by atoms with Crippen molar-refractivity contribution >= 4 is 17.4 Å². The number of carbonyl (C=O) groups is 1. The van der Waals surface area contributed by atoms with E-state index in [0.717, 1.165) is 38.1 Å². The first-order valence-electron chi connectivity index (χ1n) is 9.15. The van der Waals surface area contributed by atoms with Crippen LogP contribution in [0.15, 0.2) is 41.5 Å². The third-order valence-corrected chi connectivity index (χ3v) is 5.24. The van der Waals surface area contributed by atoms with Crippen LogP contribution in [0.2, 0.25) is 0 Å². The molecule has 1 aromatic heterocycles. The van der Waals surface area contributed by atoms with Crippen LogP contribution in [0.4, 0.5) is 36.4 Å². The zero-order chi connectivity index (χ0) is 24.1. The molecule has 0 saturated carbocycles. The molecule has 2 aromatic rings. The van der Waals surface area contributed by atoms with Gasteiger partial charge in [-0.25, -0.2) is 17.6 Å². The second kappa shape index (κ2) is 7.45. The maximum absolute atomic E-state index is 15.1. The smallest absolute Gasteiger partial charge is 0.385 e. The molecule has 0 radical (unpaired) electrons. The van der Waals surface area contributed by atoms with Crippen LogP contribution in [-0.2, 0) is 11.7 Å². The maximum atomic E-state index is 15.1. The minimum Gasteiger partial charge on any atom is -0.385 e. The van der Waals surface area contributed by atoms with E-state index >= 15 is 4.39 Å². The Hall–Kier alpha value is -3.18. The number of rotatable bonds is 3. The Labute approximate surface area is 177 Å². The Balaban J connectivity index is 1.96. The number of hydrogen-bond acceptors (Lipinski definition) is 4. The molecular formula is C20H17F7N4O. The standard InChI is InChI=1S/C20H17F7N4O/c1-17(22)9-19(23,24)18(2,31-16(17)28)11-4-3-5-12(14(11)21)30-15(32)13-7-6-10(8-29-13)20(25,26)27/h3-8H,9H2,1-2H3,(H2,28,31)(H,30,32)/t17-,18-/m1/s1. The number of alkyl halides is 6. The van der Waals surface area contributed by atoms with Crippen LogP contribution in [0.5, 0.6) is 0 Å². The number of nitrogens with one attached hydrogen (secondary N) is 1. The van der Waals surface area contributed by atoms with Crippen molar-refractivity contribution in [2.75, 3.05) is 5.32 Å². The number of amides is 1. The summed E-state index contributed by atoms with van der Waals surface area (Å²) in [6.45, 7) is 1.72. The minimum absolute atomic E-state index is 0.427. The third kappa shape index (κ3) is 4.00. The summed E-state index contributed by atoms with van der Waals surface area (Å²) in [6, 6.07) is 4.60. The lowest BCUT2D eigenvalue weighted by atomic mass is 9.77. The predicted octanol–water partition coefficient (Wildman–Crippen LogP) is 4.83. The van der Waals surface area contributed by atoms with E-state index in [9.17, 15) is 31.1 Å². The Morgan fingerprint density at radius 2 is 1.78 bits per heavy atom. The van der Waals surface area contributed by atoms with Gasteiger partial charge in [-0.2, -0.15) is 13.2 Å². The number of nitrogens with two attached hydrogens (primary N) is 1. The van der Waals surface area contributed by atoms with Gasteiger partial charge in [0, 0.05) is 11.8 Å². The molecule has 1 amide bonds. The van der Waals surface area contributed by atoms with Gasteiger partial charge in [-0.3, -0.25) is 14.8 Å². The summed E-state index contributed by atoms with van der Waals surface area (Å²) in [5.41, 5.74) is -2.43. The molecule has 32 heavy (non-hydrogen) atoms. The summed E-state index contributed by atoms with van der Waals surface area (Å²) in [7, 11) is 0. The summed E-state index contributed by atoms with van der Waals surface area (Å²) >= 11 is 0. The Morgan fingerprint density at radius 1 is 1.12 bits per heavy atom. The quantitative estimate of drug-likeness (QED) is 0.642. The first kappa shape index (κ1) is 23.5. The van der Waals surface area contributed by atoms with E-state index in [-0.39, 0.29) is 0 Å².